The topological polar surface area (TPSA) is 80.5 Å². The average Bonchev–Trinajstić information content (AvgIpc) is 2.73. The molecule has 3 rings (SSSR count). The fraction of sp³-hybridized carbons (Fsp3) is 0. The van der Waals surface area contributed by atoms with Gasteiger partial charge in [-0.1, -0.05) is 0 Å². The Hall–Kier alpha value is -1.53. The van der Waals surface area contributed by atoms with Gasteiger partial charge in [-0.3, -0.25) is 0 Å². The van der Waals surface area contributed by atoms with Gasteiger partial charge in [0.25, 0.3) is 0 Å². The third-order valence-electron chi connectivity index (χ3n) is 2.35. The van der Waals surface area contributed by atoms with Crippen molar-refractivity contribution in [2.24, 2.45) is 0 Å². The molecule has 2 radical (unpaired) electrons. The van der Waals surface area contributed by atoms with E-state index >= 15 is 0 Å². The molecule has 0 saturated carbocycles. The van der Waals surface area contributed by atoms with E-state index in [9.17, 15) is 0 Å². The third-order valence-corrected chi connectivity index (χ3v) is 2.35. The van der Waals surface area contributed by atoms with Gasteiger partial charge in [-0.25, -0.2) is 15.0 Å². The molecule has 0 unspecified atom stereocenters. The van der Waals surface area contributed by atoms with Crippen LogP contribution in [0.25, 0.3) is 22.6 Å². The van der Waals surface area contributed by atoms with Gasteiger partial charge in [-0.15, -0.1) is 0 Å². The number of nitrogens with two attached hydrogens (primary N) is 1. The first kappa shape index (κ1) is 11.9. The van der Waals surface area contributed by atoms with E-state index in [-0.39, 0.29) is 26.6 Å². The van der Waals surface area contributed by atoms with Gasteiger partial charge in [-0.05, 0) is 24.3 Å². The van der Waals surface area contributed by atoms with Gasteiger partial charge in [0, 0.05) is 39.0 Å². The molecule has 3 aromatic rings. The molecule has 0 amide bonds. The predicted octanol–water partition coefficient (Wildman–Crippen LogP) is 1.22. The quantitative estimate of drug-likeness (QED) is 0.621. The monoisotopic (exact) mass is 420 g/mol. The van der Waals surface area contributed by atoms with Crippen LogP contribution in [0.4, 0.5) is 5.82 Å². The van der Waals surface area contributed by atoms with Crippen LogP contribution in [0.5, 0.6) is 0 Å². The van der Waals surface area contributed by atoms with E-state index in [1.807, 2.05) is 24.3 Å². The van der Waals surface area contributed by atoms with Crippen LogP contribution >= 0.6 is 0 Å². The zero-order valence-electron chi connectivity index (χ0n) is 8.79. The van der Waals surface area contributed by atoms with Crippen molar-refractivity contribution in [2.45, 2.75) is 0 Å². The van der Waals surface area contributed by atoms with Gasteiger partial charge in [-0.2, -0.15) is 0 Å². The first-order valence-corrected chi connectivity index (χ1v) is 4.86. The number of nitrogens with zero attached hydrogens (tertiary/aromatic N) is 3. The Balaban J connectivity index is 0.00000108. The number of anilines is 1. The number of fused-ring (bicyclic) bond motifs is 1. The molecule has 0 saturated heterocycles. The average molecular weight is 420 g/mol. The van der Waals surface area contributed by atoms with Crippen LogP contribution in [0, 0.1) is 0 Å². The molecule has 0 bridgehead atoms. The second-order valence-electron chi connectivity index (χ2n) is 3.40. The number of nitrogens with one attached hydrogen (secondary N) is 1. The number of H-pyrrole nitrogens is 1. The summed E-state index contributed by atoms with van der Waals surface area (Å²) in [4.78, 5) is 15.7. The molecule has 6 heteroatoms. The van der Waals surface area contributed by atoms with Gasteiger partial charge in [0.05, 0.1) is 11.1 Å². The number of nitrogen functional groups attached to an aromatic ring is 1. The van der Waals surface area contributed by atoms with Gasteiger partial charge >= 0.3 is 0 Å². The molecule has 0 spiro atoms. The molecule has 0 aliphatic heterocycles. The molecule has 0 aromatic carbocycles. The van der Waals surface area contributed by atoms with Gasteiger partial charge in [0.2, 0.25) is 0 Å². The molecule has 84 valence electrons. The number of hydrogen-bond acceptors (Lipinski definition) is 4. The summed E-state index contributed by atoms with van der Waals surface area (Å²) in [7, 11) is 0. The first-order chi connectivity index (χ1) is 7.84. The van der Waals surface area contributed by atoms with Crippen LogP contribution in [-0.4, -0.2) is 46.5 Å². The maximum absolute atomic E-state index is 5.78. The Bertz CT molecular complexity index is 616. The number of aromatic amines is 1. The van der Waals surface area contributed by atoms with Gasteiger partial charge in [0.1, 0.15) is 11.6 Å². The molecule has 17 heavy (non-hydrogen) atoms. The van der Waals surface area contributed by atoms with Crippen molar-refractivity contribution in [3.8, 4) is 11.4 Å². The second-order valence-corrected chi connectivity index (χ2v) is 3.40. The SMILES string of the molecule is Nc1ncccc1-c1nc2ncccc2[nH]1.[Po]. The molecule has 3 aromatic heterocycles. The summed E-state index contributed by atoms with van der Waals surface area (Å²) in [6, 6.07) is 7.48. The van der Waals surface area contributed by atoms with Crippen LogP contribution in [-0.2, 0) is 0 Å². The van der Waals surface area contributed by atoms with E-state index in [4.69, 9.17) is 5.73 Å². The van der Waals surface area contributed by atoms with Gasteiger partial charge < -0.3 is 10.7 Å². The van der Waals surface area contributed by atoms with Crippen LogP contribution in [0.15, 0.2) is 36.7 Å². The molecule has 5 nitrogen and oxygen atoms in total. The summed E-state index contributed by atoms with van der Waals surface area (Å²) in [6.07, 6.45) is 3.36. The molecule has 0 fully saturated rings. The summed E-state index contributed by atoms with van der Waals surface area (Å²) in [5, 5.41) is 0. The molecule has 3 heterocycles. The summed E-state index contributed by atoms with van der Waals surface area (Å²) >= 11 is 0. The first-order valence-electron chi connectivity index (χ1n) is 4.86. The maximum atomic E-state index is 5.78. The maximum Gasteiger partial charge on any atom is 0.178 e. The zero-order valence-corrected chi connectivity index (χ0v) is 12.0. The summed E-state index contributed by atoms with van der Waals surface area (Å²) in [6.45, 7) is 0. The smallest absolute Gasteiger partial charge is 0.178 e. The number of rotatable bonds is 1. The van der Waals surface area contributed by atoms with E-state index in [1.54, 1.807) is 12.4 Å². The van der Waals surface area contributed by atoms with Crippen molar-refractivity contribution < 1.29 is 0 Å². The Labute approximate surface area is 117 Å². The van der Waals surface area contributed by atoms with E-state index in [1.165, 1.54) is 0 Å². The second kappa shape index (κ2) is 4.76. The molecular weight excluding hydrogens is 411 g/mol. The van der Waals surface area contributed by atoms with E-state index < -0.39 is 0 Å². The van der Waals surface area contributed by atoms with Crippen molar-refractivity contribution in [3.63, 3.8) is 0 Å². The van der Waals surface area contributed by atoms with Crippen LogP contribution < -0.4 is 5.73 Å². The molecule has 3 N–H and O–H groups in total. The molecular formula is C11H9N5Po. The minimum absolute atomic E-state index is 0. The van der Waals surface area contributed by atoms with Crippen molar-refractivity contribution in [2.75, 3.05) is 5.73 Å². The zero-order chi connectivity index (χ0) is 11.0. The minimum Gasteiger partial charge on any atom is -0.383 e. The van der Waals surface area contributed by atoms with Crippen molar-refractivity contribution in [3.05, 3.63) is 36.7 Å². The largest absolute Gasteiger partial charge is 0.383 e. The number of hydrogen-bond donors (Lipinski definition) is 2. The van der Waals surface area contributed by atoms with Crippen molar-refractivity contribution in [1.82, 2.24) is 19.9 Å². The Morgan fingerprint density at radius 3 is 2.59 bits per heavy atom. The number of aromatic nitrogens is 4. The Morgan fingerprint density at radius 2 is 1.82 bits per heavy atom. The van der Waals surface area contributed by atoms with Gasteiger partial charge in [0.15, 0.2) is 5.65 Å². The standard InChI is InChI=1S/C11H9N5.Po/c12-9-7(3-1-5-13-9)10-15-8-4-2-6-14-11(8)16-10;/h1-6H,(H2,12,13)(H,14,15,16);. The molecule has 0 aliphatic rings. The van der Waals surface area contributed by atoms with Crippen LogP contribution in [0.1, 0.15) is 0 Å². The summed E-state index contributed by atoms with van der Waals surface area (Å²) < 4.78 is 0. The normalized spacial score (nSPS) is 10.1. The van der Waals surface area contributed by atoms with E-state index in [0.29, 0.717) is 17.3 Å². The Morgan fingerprint density at radius 1 is 1.06 bits per heavy atom. The minimum atomic E-state index is 0. The summed E-state index contributed by atoms with van der Waals surface area (Å²) in [5.41, 5.74) is 8.15. The van der Waals surface area contributed by atoms with Crippen LogP contribution in [0.2, 0.25) is 0 Å². The van der Waals surface area contributed by atoms with Crippen molar-refractivity contribution >= 4 is 43.5 Å². The fourth-order valence-electron chi connectivity index (χ4n) is 1.59. The summed E-state index contributed by atoms with van der Waals surface area (Å²) in [5.74, 6) is 1.15. The third kappa shape index (κ3) is 2.13. The van der Waals surface area contributed by atoms with Crippen molar-refractivity contribution in [1.29, 1.82) is 0 Å². The number of pyridine rings is 2. The van der Waals surface area contributed by atoms with Crippen LogP contribution in [0.3, 0.4) is 0 Å². The fourth-order valence-corrected chi connectivity index (χ4v) is 1.59. The number of imidazole rings is 1. The molecule has 0 atom stereocenters. The predicted molar refractivity (Wildman–Crippen MR) is 67.3 cm³/mol. The Kier molecular flexibility index (Phi) is 3.35. The van der Waals surface area contributed by atoms with E-state index in [0.717, 1.165) is 11.1 Å². The van der Waals surface area contributed by atoms with E-state index in [2.05, 4.69) is 19.9 Å². The molecule has 0 aliphatic carbocycles.